The van der Waals surface area contributed by atoms with Crippen LogP contribution in [0.15, 0.2) is 82.0 Å². The van der Waals surface area contributed by atoms with Crippen LogP contribution in [-0.2, 0) is 17.8 Å². The van der Waals surface area contributed by atoms with E-state index in [-0.39, 0.29) is 6.61 Å². The summed E-state index contributed by atoms with van der Waals surface area (Å²) < 4.78 is 11.3. The van der Waals surface area contributed by atoms with Crippen molar-refractivity contribution in [3.05, 3.63) is 122 Å². The zero-order valence-corrected chi connectivity index (χ0v) is 22.4. The van der Waals surface area contributed by atoms with Crippen LogP contribution in [0.2, 0.25) is 5.02 Å². The van der Waals surface area contributed by atoms with Gasteiger partial charge in [-0.05, 0) is 72.2 Å². The van der Waals surface area contributed by atoms with Gasteiger partial charge < -0.3 is 9.15 Å². The molecular formula is C33H26ClNO4. The summed E-state index contributed by atoms with van der Waals surface area (Å²) in [4.78, 5) is 31.1. The quantitative estimate of drug-likeness (QED) is 0.173. The Morgan fingerprint density at radius 2 is 1.82 bits per heavy atom. The topological polar surface area (TPSA) is 69.4 Å². The first-order chi connectivity index (χ1) is 18.9. The Bertz CT molecular complexity index is 1840. The van der Waals surface area contributed by atoms with Crippen LogP contribution in [0.3, 0.4) is 0 Å². The molecule has 1 aliphatic rings. The van der Waals surface area contributed by atoms with Crippen LogP contribution in [-0.4, -0.2) is 11.0 Å². The number of esters is 1. The van der Waals surface area contributed by atoms with Crippen LogP contribution < -0.4 is 5.63 Å². The summed E-state index contributed by atoms with van der Waals surface area (Å²) in [5, 5.41) is 1.94. The molecule has 0 radical (unpaired) electrons. The number of aryl methyl sites for hydroxylation is 1. The number of pyridine rings is 1. The number of carbonyl (C=O) groups is 1. The fourth-order valence-electron chi connectivity index (χ4n) is 5.40. The van der Waals surface area contributed by atoms with Crippen molar-refractivity contribution in [2.75, 3.05) is 0 Å². The highest BCUT2D eigenvalue weighted by molar-refractivity contribution is 6.32. The van der Waals surface area contributed by atoms with Crippen molar-refractivity contribution in [3.8, 4) is 0 Å². The molecule has 1 atom stereocenters. The Morgan fingerprint density at radius 3 is 2.64 bits per heavy atom. The molecule has 0 amide bonds. The highest BCUT2D eigenvalue weighted by atomic mass is 35.5. The molecule has 5 nitrogen and oxygen atoms in total. The van der Waals surface area contributed by atoms with Gasteiger partial charge in [-0.1, -0.05) is 67.1 Å². The third-order valence-electron chi connectivity index (χ3n) is 7.23. The molecular weight excluding hydrogens is 510 g/mol. The molecule has 0 fully saturated rings. The number of ether oxygens (including phenoxy) is 1. The molecule has 0 spiro atoms. The molecule has 39 heavy (non-hydrogen) atoms. The molecule has 2 aromatic heterocycles. The molecule has 6 heteroatoms. The van der Waals surface area contributed by atoms with Gasteiger partial charge in [0.2, 0.25) is 0 Å². The Labute approximate surface area is 230 Å². The van der Waals surface area contributed by atoms with Crippen molar-refractivity contribution in [1.29, 1.82) is 0 Å². The first-order valence-corrected chi connectivity index (χ1v) is 13.3. The molecule has 5 aromatic rings. The third-order valence-corrected chi connectivity index (χ3v) is 7.64. The lowest BCUT2D eigenvalue weighted by molar-refractivity contribution is 0.0474. The Kier molecular flexibility index (Phi) is 6.53. The highest BCUT2D eigenvalue weighted by Crippen LogP contribution is 2.39. The minimum absolute atomic E-state index is 0.0893. The average Bonchev–Trinajstić information content (AvgIpc) is 2.92. The minimum atomic E-state index is -0.508. The SMILES string of the molecule is Cc1cc2oc(=O)cc(COC(=O)c3c4c(nc5ccccc35)/C(=C/c3ccccc3)C[C@H](C)C4)c2cc1Cl. The summed E-state index contributed by atoms with van der Waals surface area (Å²) >= 11 is 6.35. The van der Waals surface area contributed by atoms with Crippen LogP contribution in [0.1, 0.15) is 51.7 Å². The largest absolute Gasteiger partial charge is 0.457 e. The van der Waals surface area contributed by atoms with Crippen LogP contribution >= 0.6 is 11.6 Å². The van der Waals surface area contributed by atoms with Crippen molar-refractivity contribution >= 4 is 51.1 Å². The maximum Gasteiger partial charge on any atom is 0.339 e. The second-order valence-electron chi connectivity index (χ2n) is 10.2. The van der Waals surface area contributed by atoms with E-state index < -0.39 is 11.6 Å². The van der Waals surface area contributed by atoms with E-state index in [0.717, 1.165) is 51.7 Å². The summed E-state index contributed by atoms with van der Waals surface area (Å²) in [6.07, 6.45) is 3.75. The van der Waals surface area contributed by atoms with E-state index in [9.17, 15) is 9.59 Å². The second kappa shape index (κ2) is 10.2. The smallest absolute Gasteiger partial charge is 0.339 e. The molecule has 3 aromatic carbocycles. The molecule has 1 aliphatic carbocycles. The number of rotatable bonds is 4. The summed E-state index contributed by atoms with van der Waals surface area (Å²) in [7, 11) is 0. The van der Waals surface area contributed by atoms with E-state index in [1.165, 1.54) is 6.07 Å². The van der Waals surface area contributed by atoms with Crippen LogP contribution in [0.5, 0.6) is 0 Å². The Hall–Kier alpha value is -4.22. The first-order valence-electron chi connectivity index (χ1n) is 12.9. The van der Waals surface area contributed by atoms with Crippen LogP contribution in [0.4, 0.5) is 0 Å². The van der Waals surface area contributed by atoms with Crippen molar-refractivity contribution in [1.82, 2.24) is 4.98 Å². The predicted molar refractivity (Wildman–Crippen MR) is 155 cm³/mol. The van der Waals surface area contributed by atoms with Gasteiger partial charge in [0.25, 0.3) is 0 Å². The summed E-state index contributed by atoms with van der Waals surface area (Å²) in [6.45, 7) is 3.94. The fraction of sp³-hybridized carbons (Fsp3) is 0.182. The van der Waals surface area contributed by atoms with Gasteiger partial charge in [-0.25, -0.2) is 14.6 Å². The normalized spacial score (nSPS) is 16.0. The zero-order valence-electron chi connectivity index (χ0n) is 21.7. The van der Waals surface area contributed by atoms with E-state index in [0.29, 0.717) is 33.0 Å². The Morgan fingerprint density at radius 1 is 1.05 bits per heavy atom. The number of para-hydroxylation sites is 1. The summed E-state index contributed by atoms with van der Waals surface area (Å²) in [6, 6.07) is 22.6. The maximum absolute atomic E-state index is 13.8. The van der Waals surface area contributed by atoms with Crippen molar-refractivity contribution in [2.24, 2.45) is 5.92 Å². The number of hydrogen-bond acceptors (Lipinski definition) is 5. The lowest BCUT2D eigenvalue weighted by Gasteiger charge is -2.26. The maximum atomic E-state index is 13.8. The van der Waals surface area contributed by atoms with Crippen molar-refractivity contribution < 1.29 is 13.9 Å². The van der Waals surface area contributed by atoms with Crippen LogP contribution in [0.25, 0.3) is 33.5 Å². The van der Waals surface area contributed by atoms with Gasteiger partial charge in [-0.3, -0.25) is 0 Å². The first kappa shape index (κ1) is 25.1. The van der Waals surface area contributed by atoms with Gasteiger partial charge in [0.05, 0.1) is 16.8 Å². The highest BCUT2D eigenvalue weighted by Gasteiger charge is 2.29. The fourth-order valence-corrected chi connectivity index (χ4v) is 5.57. The molecule has 2 heterocycles. The average molecular weight is 536 g/mol. The monoisotopic (exact) mass is 535 g/mol. The van der Waals surface area contributed by atoms with Gasteiger partial charge in [0, 0.05) is 27.4 Å². The molecule has 0 saturated carbocycles. The molecule has 6 rings (SSSR count). The van der Waals surface area contributed by atoms with Crippen LogP contribution in [0, 0.1) is 12.8 Å². The van der Waals surface area contributed by atoms with Gasteiger partial charge in [0.15, 0.2) is 0 Å². The molecule has 0 N–H and O–H groups in total. The minimum Gasteiger partial charge on any atom is -0.457 e. The van der Waals surface area contributed by atoms with Crippen molar-refractivity contribution in [3.63, 3.8) is 0 Å². The lowest BCUT2D eigenvalue weighted by atomic mass is 9.80. The molecule has 0 unspecified atom stereocenters. The number of fused-ring (bicyclic) bond motifs is 3. The zero-order chi connectivity index (χ0) is 27.1. The van der Waals surface area contributed by atoms with E-state index in [1.807, 2.05) is 49.4 Å². The molecule has 0 saturated heterocycles. The van der Waals surface area contributed by atoms with Crippen molar-refractivity contribution in [2.45, 2.75) is 33.3 Å². The standard InChI is InChI=1S/C33H26ClNO4/c1-19-12-22(15-21-8-4-3-5-9-21)32-26(13-19)31(24-10-6-7-11-28(24)35-32)33(37)38-18-23-16-30(36)39-29-14-20(2)27(34)17-25(23)29/h3-11,14-17,19H,12-13,18H2,1-2H3/b22-15+/t19-/m0/s1. The van der Waals surface area contributed by atoms with Gasteiger partial charge in [0.1, 0.15) is 12.2 Å². The number of aromatic nitrogens is 1. The summed E-state index contributed by atoms with van der Waals surface area (Å²) in [5.41, 5.74) is 6.45. The number of benzene rings is 3. The van der Waals surface area contributed by atoms with E-state index in [4.69, 9.17) is 25.7 Å². The number of allylic oxidation sites excluding steroid dienone is 1. The van der Waals surface area contributed by atoms with E-state index in [1.54, 1.807) is 12.1 Å². The van der Waals surface area contributed by atoms with Gasteiger partial charge >= 0.3 is 11.6 Å². The van der Waals surface area contributed by atoms with E-state index >= 15 is 0 Å². The predicted octanol–water partition coefficient (Wildman–Crippen LogP) is 7.78. The third kappa shape index (κ3) is 4.86. The summed E-state index contributed by atoms with van der Waals surface area (Å²) in [5.74, 6) is -0.118. The Balaban J connectivity index is 1.44. The number of hydrogen-bond donors (Lipinski definition) is 0. The molecule has 0 bridgehead atoms. The lowest BCUT2D eigenvalue weighted by Crippen LogP contribution is -2.19. The van der Waals surface area contributed by atoms with Gasteiger partial charge in [-0.15, -0.1) is 0 Å². The van der Waals surface area contributed by atoms with Gasteiger partial charge in [-0.2, -0.15) is 0 Å². The molecule has 194 valence electrons. The second-order valence-corrected chi connectivity index (χ2v) is 10.6. The number of nitrogens with zero attached hydrogens (tertiary/aromatic N) is 1. The van der Waals surface area contributed by atoms with E-state index in [2.05, 4.69) is 25.1 Å². The number of carbonyl (C=O) groups excluding carboxylic acids is 1. The molecule has 0 aliphatic heterocycles. The number of halogens is 1.